The summed E-state index contributed by atoms with van der Waals surface area (Å²) in [7, 11) is 0. The highest BCUT2D eigenvalue weighted by molar-refractivity contribution is 5.80. The second kappa shape index (κ2) is 3.58. The summed E-state index contributed by atoms with van der Waals surface area (Å²) >= 11 is 0. The largest absolute Gasteiger partial charge is 0.396 e. The molecule has 0 rings (SSSR count). The Labute approximate surface area is 54.3 Å². The number of hydrogen-bond acceptors (Lipinski definition) is 3. The van der Waals surface area contributed by atoms with E-state index in [0.717, 1.165) is 0 Å². The third-order valence-corrected chi connectivity index (χ3v) is 1.24. The maximum Gasteiger partial charge on any atom is 0.158 e. The van der Waals surface area contributed by atoms with Gasteiger partial charge in [0.1, 0.15) is 6.10 Å². The van der Waals surface area contributed by atoms with Crippen molar-refractivity contribution < 1.29 is 15.0 Å². The SMILES string of the molecule is CC(=O)C(O)C(C)CO. The van der Waals surface area contributed by atoms with Gasteiger partial charge in [0.15, 0.2) is 5.78 Å². The van der Waals surface area contributed by atoms with Gasteiger partial charge in [0.2, 0.25) is 0 Å². The van der Waals surface area contributed by atoms with Gasteiger partial charge in [-0.3, -0.25) is 4.79 Å². The van der Waals surface area contributed by atoms with Crippen LogP contribution in [0.3, 0.4) is 0 Å². The summed E-state index contributed by atoms with van der Waals surface area (Å²) in [4.78, 5) is 10.4. The molecule has 0 aromatic heterocycles. The minimum absolute atomic E-state index is 0.152. The quantitative estimate of drug-likeness (QED) is 0.547. The summed E-state index contributed by atoms with van der Waals surface area (Å²) < 4.78 is 0. The third kappa shape index (κ3) is 2.58. The molecular weight excluding hydrogens is 120 g/mol. The molecule has 3 nitrogen and oxygen atoms in total. The second-order valence-electron chi connectivity index (χ2n) is 2.22. The molecule has 0 heterocycles. The van der Waals surface area contributed by atoms with E-state index in [4.69, 9.17) is 10.2 Å². The van der Waals surface area contributed by atoms with Gasteiger partial charge >= 0.3 is 0 Å². The van der Waals surface area contributed by atoms with Crippen LogP contribution in [0.15, 0.2) is 0 Å². The fourth-order valence-electron chi connectivity index (χ4n) is 0.501. The van der Waals surface area contributed by atoms with Crippen molar-refractivity contribution in [1.29, 1.82) is 0 Å². The van der Waals surface area contributed by atoms with Crippen molar-refractivity contribution in [2.45, 2.75) is 20.0 Å². The summed E-state index contributed by atoms with van der Waals surface area (Å²) in [5, 5.41) is 17.3. The van der Waals surface area contributed by atoms with E-state index in [-0.39, 0.29) is 18.3 Å². The number of carbonyl (C=O) groups is 1. The van der Waals surface area contributed by atoms with E-state index in [1.54, 1.807) is 6.92 Å². The summed E-state index contributed by atoms with van der Waals surface area (Å²) in [5.74, 6) is -0.640. The molecule has 2 atom stereocenters. The Morgan fingerprint density at radius 2 is 2.11 bits per heavy atom. The Kier molecular flexibility index (Phi) is 3.42. The predicted molar refractivity (Wildman–Crippen MR) is 32.9 cm³/mol. The summed E-state index contributed by atoms with van der Waals surface area (Å²) in [6.45, 7) is 2.77. The Bertz CT molecular complexity index is 100. The predicted octanol–water partition coefficient (Wildman–Crippen LogP) is -0.435. The van der Waals surface area contributed by atoms with E-state index in [2.05, 4.69) is 0 Å². The van der Waals surface area contributed by atoms with Crippen molar-refractivity contribution in [2.24, 2.45) is 5.92 Å². The van der Waals surface area contributed by atoms with E-state index in [1.807, 2.05) is 0 Å². The van der Waals surface area contributed by atoms with Crippen LogP contribution in [-0.4, -0.2) is 28.7 Å². The van der Waals surface area contributed by atoms with Gasteiger partial charge in [-0.05, 0) is 6.92 Å². The molecule has 0 amide bonds. The van der Waals surface area contributed by atoms with Gasteiger partial charge in [0, 0.05) is 12.5 Å². The normalized spacial score (nSPS) is 16.9. The number of ketones is 1. The first-order chi connectivity index (χ1) is 4.09. The highest BCUT2D eigenvalue weighted by atomic mass is 16.3. The average molecular weight is 132 g/mol. The van der Waals surface area contributed by atoms with Crippen LogP contribution in [0.4, 0.5) is 0 Å². The number of carbonyl (C=O) groups excluding carboxylic acids is 1. The first-order valence-electron chi connectivity index (χ1n) is 2.89. The standard InChI is InChI=1S/C6H12O3/c1-4(3-7)6(9)5(2)8/h4,6-7,9H,3H2,1-2H3. The molecule has 0 aromatic rings. The Morgan fingerprint density at radius 1 is 1.67 bits per heavy atom. The fraction of sp³-hybridized carbons (Fsp3) is 0.833. The molecule has 0 aliphatic carbocycles. The molecule has 0 aliphatic rings. The molecule has 0 radical (unpaired) electrons. The van der Waals surface area contributed by atoms with E-state index in [9.17, 15) is 4.79 Å². The lowest BCUT2D eigenvalue weighted by Crippen LogP contribution is -2.27. The first-order valence-corrected chi connectivity index (χ1v) is 2.89. The molecule has 0 saturated carbocycles. The smallest absolute Gasteiger partial charge is 0.158 e. The minimum Gasteiger partial charge on any atom is -0.396 e. The maximum absolute atomic E-state index is 10.4. The van der Waals surface area contributed by atoms with Crippen molar-refractivity contribution in [3.8, 4) is 0 Å². The van der Waals surface area contributed by atoms with Gasteiger partial charge in [0.05, 0.1) is 0 Å². The van der Waals surface area contributed by atoms with Crippen LogP contribution in [0.1, 0.15) is 13.8 Å². The zero-order valence-corrected chi connectivity index (χ0v) is 5.66. The van der Waals surface area contributed by atoms with Crippen molar-refractivity contribution in [3.63, 3.8) is 0 Å². The monoisotopic (exact) mass is 132 g/mol. The zero-order valence-electron chi connectivity index (χ0n) is 5.66. The Morgan fingerprint density at radius 3 is 2.22 bits per heavy atom. The van der Waals surface area contributed by atoms with E-state index >= 15 is 0 Å². The maximum atomic E-state index is 10.4. The van der Waals surface area contributed by atoms with Crippen molar-refractivity contribution in [2.75, 3.05) is 6.61 Å². The van der Waals surface area contributed by atoms with Gasteiger partial charge in [-0.25, -0.2) is 0 Å². The number of rotatable bonds is 3. The summed E-state index contributed by atoms with van der Waals surface area (Å²) in [6, 6.07) is 0. The molecule has 54 valence electrons. The van der Waals surface area contributed by atoms with Crippen molar-refractivity contribution in [1.82, 2.24) is 0 Å². The third-order valence-electron chi connectivity index (χ3n) is 1.24. The second-order valence-corrected chi connectivity index (χ2v) is 2.22. The highest BCUT2D eigenvalue weighted by Gasteiger charge is 2.16. The van der Waals surface area contributed by atoms with Crippen LogP contribution in [0.25, 0.3) is 0 Å². The van der Waals surface area contributed by atoms with Gasteiger partial charge < -0.3 is 10.2 Å². The average Bonchev–Trinajstić information content (AvgIpc) is 1.84. The lowest BCUT2D eigenvalue weighted by Gasteiger charge is -2.11. The molecule has 0 aromatic carbocycles. The molecule has 0 fully saturated rings. The Balaban J connectivity index is 3.72. The molecule has 2 unspecified atom stereocenters. The van der Waals surface area contributed by atoms with Crippen LogP contribution < -0.4 is 0 Å². The number of aliphatic hydroxyl groups is 2. The number of hydrogen-bond donors (Lipinski definition) is 2. The fourth-order valence-corrected chi connectivity index (χ4v) is 0.501. The van der Waals surface area contributed by atoms with Crippen LogP contribution >= 0.6 is 0 Å². The topological polar surface area (TPSA) is 57.5 Å². The molecule has 0 bridgehead atoms. The Hall–Kier alpha value is -0.410. The molecular formula is C6H12O3. The number of aliphatic hydroxyl groups excluding tert-OH is 2. The highest BCUT2D eigenvalue weighted by Crippen LogP contribution is 2.01. The molecule has 9 heavy (non-hydrogen) atoms. The van der Waals surface area contributed by atoms with Crippen LogP contribution in [0.5, 0.6) is 0 Å². The van der Waals surface area contributed by atoms with Gasteiger partial charge in [-0.2, -0.15) is 0 Å². The van der Waals surface area contributed by atoms with Gasteiger partial charge in [-0.15, -0.1) is 0 Å². The zero-order chi connectivity index (χ0) is 7.44. The van der Waals surface area contributed by atoms with Gasteiger partial charge in [0.25, 0.3) is 0 Å². The number of Topliss-reactive ketones (excluding diaryl/α,β-unsaturated/α-hetero) is 1. The van der Waals surface area contributed by atoms with Crippen molar-refractivity contribution in [3.05, 3.63) is 0 Å². The molecule has 2 N–H and O–H groups in total. The van der Waals surface area contributed by atoms with Crippen LogP contribution in [0.2, 0.25) is 0 Å². The van der Waals surface area contributed by atoms with Crippen molar-refractivity contribution >= 4 is 5.78 Å². The van der Waals surface area contributed by atoms with Crippen LogP contribution in [0, 0.1) is 5.92 Å². The molecule has 0 saturated heterocycles. The van der Waals surface area contributed by atoms with E-state index in [0.29, 0.717) is 0 Å². The van der Waals surface area contributed by atoms with Crippen LogP contribution in [-0.2, 0) is 4.79 Å². The molecule has 0 spiro atoms. The van der Waals surface area contributed by atoms with E-state index < -0.39 is 6.10 Å². The van der Waals surface area contributed by atoms with Gasteiger partial charge in [-0.1, -0.05) is 6.92 Å². The lowest BCUT2D eigenvalue weighted by atomic mass is 10.0. The minimum atomic E-state index is -1.00. The molecule has 0 aliphatic heterocycles. The first kappa shape index (κ1) is 8.59. The molecule has 3 heteroatoms. The summed E-state index contributed by atoms with van der Waals surface area (Å²) in [6.07, 6.45) is -1.00. The summed E-state index contributed by atoms with van der Waals surface area (Å²) in [5.41, 5.74) is 0. The lowest BCUT2D eigenvalue weighted by molar-refractivity contribution is -0.128. The van der Waals surface area contributed by atoms with E-state index in [1.165, 1.54) is 6.92 Å².